The van der Waals surface area contributed by atoms with Gasteiger partial charge in [-0.05, 0) is 24.1 Å². The molecule has 0 atom stereocenters. The first-order valence-corrected chi connectivity index (χ1v) is 7.26. The van der Waals surface area contributed by atoms with Gasteiger partial charge < -0.3 is 9.30 Å². The molecule has 3 rings (SSSR count). The number of aryl methyl sites for hydroxylation is 3. The second-order valence-electron chi connectivity index (χ2n) is 5.41. The van der Waals surface area contributed by atoms with Gasteiger partial charge in [0.1, 0.15) is 5.75 Å². The third-order valence-corrected chi connectivity index (χ3v) is 4.02. The van der Waals surface area contributed by atoms with Gasteiger partial charge in [-0.1, -0.05) is 12.1 Å². The molecule has 0 N–H and O–H groups in total. The van der Waals surface area contributed by atoms with Crippen LogP contribution in [0.5, 0.6) is 5.75 Å². The van der Waals surface area contributed by atoms with Crippen LogP contribution >= 0.6 is 0 Å². The van der Waals surface area contributed by atoms with E-state index in [4.69, 9.17) is 4.74 Å². The fourth-order valence-electron chi connectivity index (χ4n) is 2.61. The highest BCUT2D eigenvalue weighted by atomic mass is 16.5. The summed E-state index contributed by atoms with van der Waals surface area (Å²) in [5, 5.41) is 0. The molecule has 0 fully saturated rings. The number of fused-ring (bicyclic) bond motifs is 1. The fraction of sp³-hybridized carbons (Fsp3) is 0.312. The third kappa shape index (κ3) is 2.54. The van der Waals surface area contributed by atoms with Crippen molar-refractivity contribution in [1.82, 2.24) is 18.7 Å². The van der Waals surface area contributed by atoms with E-state index in [1.807, 2.05) is 24.3 Å². The second kappa shape index (κ2) is 5.75. The van der Waals surface area contributed by atoms with E-state index >= 15 is 0 Å². The van der Waals surface area contributed by atoms with Crippen molar-refractivity contribution in [3.63, 3.8) is 0 Å². The van der Waals surface area contributed by atoms with Crippen LogP contribution in [0.25, 0.3) is 11.2 Å². The summed E-state index contributed by atoms with van der Waals surface area (Å²) in [5.74, 6) is 0.811. The van der Waals surface area contributed by atoms with Gasteiger partial charge in [-0.2, -0.15) is 0 Å². The molecule has 0 aliphatic rings. The predicted molar refractivity (Wildman–Crippen MR) is 86.9 cm³/mol. The number of ether oxygens (including phenoxy) is 1. The van der Waals surface area contributed by atoms with Gasteiger partial charge in [-0.25, -0.2) is 9.78 Å². The Morgan fingerprint density at radius 2 is 1.78 bits per heavy atom. The Kier molecular flexibility index (Phi) is 3.77. The zero-order chi connectivity index (χ0) is 16.6. The third-order valence-electron chi connectivity index (χ3n) is 4.02. The van der Waals surface area contributed by atoms with Crippen molar-refractivity contribution < 1.29 is 4.74 Å². The molecule has 7 heteroatoms. The summed E-state index contributed by atoms with van der Waals surface area (Å²) in [6.45, 7) is 0.607. The van der Waals surface area contributed by atoms with Crippen LogP contribution in [0, 0.1) is 0 Å². The van der Waals surface area contributed by atoms with Gasteiger partial charge in [0.05, 0.1) is 13.4 Å². The maximum Gasteiger partial charge on any atom is 0.332 e. The zero-order valence-electron chi connectivity index (χ0n) is 13.3. The van der Waals surface area contributed by atoms with E-state index in [-0.39, 0.29) is 11.2 Å². The van der Waals surface area contributed by atoms with Gasteiger partial charge in [0.25, 0.3) is 5.56 Å². The van der Waals surface area contributed by atoms with Crippen molar-refractivity contribution in [1.29, 1.82) is 0 Å². The lowest BCUT2D eigenvalue weighted by atomic mass is 10.1. The lowest BCUT2D eigenvalue weighted by Gasteiger charge is -2.07. The summed E-state index contributed by atoms with van der Waals surface area (Å²) in [7, 11) is 4.72. The Labute approximate surface area is 132 Å². The van der Waals surface area contributed by atoms with Crippen LogP contribution in [-0.2, 0) is 27.1 Å². The standard InChI is InChI=1S/C16H18N4O3/c1-18-14-13(15(21)19(2)16(18)22)20(10-17-14)9-8-11-4-6-12(23-3)7-5-11/h4-7,10H,8-9H2,1-3H3. The van der Waals surface area contributed by atoms with E-state index in [0.29, 0.717) is 17.7 Å². The van der Waals surface area contributed by atoms with Crippen LogP contribution in [0.1, 0.15) is 5.56 Å². The molecule has 0 spiro atoms. The van der Waals surface area contributed by atoms with Gasteiger partial charge in [0, 0.05) is 20.6 Å². The number of hydrogen-bond donors (Lipinski definition) is 0. The number of rotatable bonds is 4. The Bertz CT molecular complexity index is 964. The van der Waals surface area contributed by atoms with Crippen molar-refractivity contribution in [2.45, 2.75) is 13.0 Å². The molecule has 2 heterocycles. The number of methoxy groups -OCH3 is 1. The minimum Gasteiger partial charge on any atom is -0.497 e. The first-order chi connectivity index (χ1) is 11.0. The van der Waals surface area contributed by atoms with Crippen LogP contribution < -0.4 is 16.0 Å². The van der Waals surface area contributed by atoms with Crippen molar-refractivity contribution >= 4 is 11.2 Å². The second-order valence-corrected chi connectivity index (χ2v) is 5.41. The molecule has 2 aromatic heterocycles. The predicted octanol–water partition coefficient (Wildman–Crippen LogP) is 0.685. The molecule has 0 amide bonds. The maximum atomic E-state index is 12.4. The summed E-state index contributed by atoms with van der Waals surface area (Å²) in [6, 6.07) is 7.80. The van der Waals surface area contributed by atoms with E-state index in [0.717, 1.165) is 22.3 Å². The van der Waals surface area contributed by atoms with Crippen LogP contribution in [-0.4, -0.2) is 25.8 Å². The zero-order valence-corrected chi connectivity index (χ0v) is 13.3. The molecule has 3 aromatic rings. The quantitative estimate of drug-likeness (QED) is 0.710. The number of nitrogens with zero attached hydrogens (tertiary/aromatic N) is 4. The number of aromatic nitrogens is 4. The highest BCUT2D eigenvalue weighted by molar-refractivity contribution is 5.69. The van der Waals surface area contributed by atoms with Crippen LogP contribution in [0.4, 0.5) is 0 Å². The van der Waals surface area contributed by atoms with Crippen molar-refractivity contribution in [3.05, 3.63) is 57.0 Å². The molecule has 0 radical (unpaired) electrons. The highest BCUT2D eigenvalue weighted by Gasteiger charge is 2.13. The first-order valence-electron chi connectivity index (χ1n) is 7.26. The molecule has 23 heavy (non-hydrogen) atoms. The van der Waals surface area contributed by atoms with Gasteiger partial charge in [-0.15, -0.1) is 0 Å². The molecule has 120 valence electrons. The molecule has 7 nitrogen and oxygen atoms in total. The Hall–Kier alpha value is -2.83. The van der Waals surface area contributed by atoms with E-state index < -0.39 is 0 Å². The largest absolute Gasteiger partial charge is 0.497 e. The van der Waals surface area contributed by atoms with Crippen LogP contribution in [0.15, 0.2) is 40.2 Å². The summed E-state index contributed by atoms with van der Waals surface area (Å²) in [4.78, 5) is 28.5. The minimum absolute atomic E-state index is 0.324. The number of benzene rings is 1. The molecule has 0 unspecified atom stereocenters. The molecular formula is C16H18N4O3. The molecular weight excluding hydrogens is 296 g/mol. The molecule has 0 saturated heterocycles. The highest BCUT2D eigenvalue weighted by Crippen LogP contribution is 2.13. The van der Waals surface area contributed by atoms with E-state index in [9.17, 15) is 9.59 Å². The average Bonchev–Trinajstić information content (AvgIpc) is 3.00. The summed E-state index contributed by atoms with van der Waals surface area (Å²) < 4.78 is 9.43. The molecule has 0 aliphatic heterocycles. The molecule has 0 saturated carbocycles. The van der Waals surface area contributed by atoms with Crippen molar-refractivity contribution in [2.24, 2.45) is 14.1 Å². The lowest BCUT2D eigenvalue weighted by molar-refractivity contribution is 0.414. The van der Waals surface area contributed by atoms with Gasteiger partial charge >= 0.3 is 5.69 Å². The van der Waals surface area contributed by atoms with Crippen LogP contribution in [0.3, 0.4) is 0 Å². The lowest BCUT2D eigenvalue weighted by Crippen LogP contribution is -2.37. The Morgan fingerprint density at radius 1 is 1.09 bits per heavy atom. The average molecular weight is 314 g/mol. The van der Waals surface area contributed by atoms with Crippen molar-refractivity contribution in [3.8, 4) is 5.75 Å². The van der Waals surface area contributed by atoms with Gasteiger partial charge in [0.15, 0.2) is 11.2 Å². The first kappa shape index (κ1) is 15.1. The fourth-order valence-corrected chi connectivity index (χ4v) is 2.61. The maximum absolute atomic E-state index is 12.4. The Balaban J connectivity index is 1.94. The monoisotopic (exact) mass is 314 g/mol. The molecule has 1 aromatic carbocycles. The summed E-state index contributed by atoms with van der Waals surface area (Å²) in [6.07, 6.45) is 2.36. The SMILES string of the molecule is COc1ccc(CCn2cnc3c2c(=O)n(C)c(=O)n3C)cc1. The topological polar surface area (TPSA) is 71.1 Å². The normalized spacial score (nSPS) is 11.1. The van der Waals surface area contributed by atoms with E-state index in [1.165, 1.54) is 11.6 Å². The van der Waals surface area contributed by atoms with Gasteiger partial charge in [-0.3, -0.25) is 13.9 Å². The molecule has 0 aliphatic carbocycles. The number of hydrogen-bond acceptors (Lipinski definition) is 4. The van der Waals surface area contributed by atoms with E-state index in [2.05, 4.69) is 4.98 Å². The van der Waals surface area contributed by atoms with Crippen LogP contribution in [0.2, 0.25) is 0 Å². The summed E-state index contributed by atoms with van der Waals surface area (Å²) in [5.41, 5.74) is 1.29. The van der Waals surface area contributed by atoms with Gasteiger partial charge in [0.2, 0.25) is 0 Å². The molecule has 0 bridgehead atoms. The van der Waals surface area contributed by atoms with Crippen molar-refractivity contribution in [2.75, 3.05) is 7.11 Å². The minimum atomic E-state index is -0.372. The summed E-state index contributed by atoms with van der Waals surface area (Å²) >= 11 is 0. The number of imidazole rings is 1. The van der Waals surface area contributed by atoms with E-state index in [1.54, 1.807) is 25.1 Å². The Morgan fingerprint density at radius 3 is 2.43 bits per heavy atom. The smallest absolute Gasteiger partial charge is 0.332 e.